The lowest BCUT2D eigenvalue weighted by Crippen LogP contribution is -2.38. The van der Waals surface area contributed by atoms with Crippen LogP contribution in [0, 0.1) is 0 Å². The Bertz CT molecular complexity index is 618. The second-order valence-corrected chi connectivity index (χ2v) is 5.20. The maximum atomic E-state index is 11.5. The van der Waals surface area contributed by atoms with Crippen molar-refractivity contribution >= 4 is 16.8 Å². The van der Waals surface area contributed by atoms with Crippen LogP contribution in [0.2, 0.25) is 0 Å². The summed E-state index contributed by atoms with van der Waals surface area (Å²) < 4.78 is 11.5. The molecule has 1 unspecified atom stereocenters. The number of furan rings is 1. The van der Waals surface area contributed by atoms with E-state index in [0.717, 1.165) is 11.8 Å². The Morgan fingerprint density at radius 2 is 2.19 bits per heavy atom. The van der Waals surface area contributed by atoms with E-state index in [1.807, 2.05) is 25.1 Å². The second kappa shape index (κ2) is 6.74. The molecule has 2 aromatic rings. The number of fused-ring (bicyclic) bond motifs is 1. The number of aliphatic hydroxyl groups is 1. The van der Waals surface area contributed by atoms with Gasteiger partial charge in [-0.05, 0) is 32.4 Å². The lowest BCUT2D eigenvalue weighted by molar-refractivity contribution is 0.0877. The third kappa shape index (κ3) is 3.62. The summed E-state index contributed by atoms with van der Waals surface area (Å²) in [5.41, 5.74) is 0.526. The van der Waals surface area contributed by atoms with Gasteiger partial charge in [0.2, 0.25) is 5.78 Å². The molecule has 1 aromatic heterocycles. The zero-order valence-electron chi connectivity index (χ0n) is 12.6. The van der Waals surface area contributed by atoms with Crippen molar-refractivity contribution in [3.63, 3.8) is 0 Å². The molecule has 0 spiro atoms. The molecule has 1 atom stereocenters. The van der Waals surface area contributed by atoms with E-state index in [1.165, 1.54) is 0 Å². The van der Waals surface area contributed by atoms with E-state index in [0.29, 0.717) is 17.4 Å². The number of benzene rings is 1. The van der Waals surface area contributed by atoms with Crippen LogP contribution >= 0.6 is 0 Å². The number of Topliss-reactive ketones (excluding diaryl/α,β-unsaturated/α-hetero) is 1. The van der Waals surface area contributed by atoms with Crippen LogP contribution < -0.4 is 10.1 Å². The highest BCUT2D eigenvalue weighted by Gasteiger charge is 2.16. The number of carbonyl (C=O) groups is 1. The summed E-state index contributed by atoms with van der Waals surface area (Å²) in [6, 6.07) is 7.43. The van der Waals surface area contributed by atoms with Gasteiger partial charge in [-0.2, -0.15) is 0 Å². The number of ketones is 1. The van der Waals surface area contributed by atoms with E-state index in [2.05, 4.69) is 19.2 Å². The van der Waals surface area contributed by atoms with Crippen molar-refractivity contribution in [3.05, 3.63) is 30.0 Å². The highest BCUT2D eigenvalue weighted by molar-refractivity contribution is 5.99. The molecule has 0 radical (unpaired) electrons. The molecule has 0 aliphatic heterocycles. The lowest BCUT2D eigenvalue weighted by atomic mass is 10.2. The topological polar surface area (TPSA) is 71.7 Å². The van der Waals surface area contributed by atoms with E-state index in [-0.39, 0.29) is 12.0 Å². The summed E-state index contributed by atoms with van der Waals surface area (Å²) in [7, 11) is 0. The molecule has 0 amide bonds. The zero-order chi connectivity index (χ0) is 15.4. The van der Waals surface area contributed by atoms with Gasteiger partial charge in [0.05, 0.1) is 0 Å². The molecule has 5 nitrogen and oxygen atoms in total. The van der Waals surface area contributed by atoms with Gasteiger partial charge in [0, 0.05) is 11.4 Å². The first-order valence-electron chi connectivity index (χ1n) is 7.14. The number of hydrogen-bond acceptors (Lipinski definition) is 5. The summed E-state index contributed by atoms with van der Waals surface area (Å²) in [6.45, 7) is 5.57. The van der Waals surface area contributed by atoms with Crippen LogP contribution in [0.25, 0.3) is 11.0 Å². The molecule has 21 heavy (non-hydrogen) atoms. The molecule has 0 aliphatic rings. The van der Waals surface area contributed by atoms with Crippen molar-refractivity contribution in [2.45, 2.75) is 39.5 Å². The van der Waals surface area contributed by atoms with Crippen LogP contribution in [0.3, 0.4) is 0 Å². The maximum absolute atomic E-state index is 11.5. The number of hydrogen-bond donors (Lipinski definition) is 2. The molecule has 0 saturated carbocycles. The first kappa shape index (κ1) is 15.5. The van der Waals surface area contributed by atoms with Gasteiger partial charge in [0.15, 0.2) is 17.1 Å². The van der Waals surface area contributed by atoms with Gasteiger partial charge in [0.1, 0.15) is 12.8 Å². The number of rotatable bonds is 7. The molecule has 0 saturated heterocycles. The Balaban J connectivity index is 2.31. The Labute approximate surface area is 123 Å². The van der Waals surface area contributed by atoms with Crippen LogP contribution in [-0.2, 0) is 0 Å². The minimum atomic E-state index is -0.567. The van der Waals surface area contributed by atoms with Crippen LogP contribution in [0.5, 0.6) is 5.75 Å². The number of ether oxygens (including phenoxy) is 1. The van der Waals surface area contributed by atoms with Gasteiger partial charge in [-0.25, -0.2) is 0 Å². The van der Waals surface area contributed by atoms with Gasteiger partial charge < -0.3 is 14.3 Å². The standard InChI is InChI=1S/C16H21NO4/c1-4-15(17-10(2)3)20-13-7-5-6-11-8-14(12(19)9-18)21-16(11)13/h5-8,10,15,17-18H,4,9H2,1-3H3. The highest BCUT2D eigenvalue weighted by Crippen LogP contribution is 2.29. The number of carbonyl (C=O) groups excluding carboxylic acids is 1. The van der Waals surface area contributed by atoms with Gasteiger partial charge >= 0.3 is 0 Å². The van der Waals surface area contributed by atoms with Crippen LogP contribution in [-0.4, -0.2) is 29.8 Å². The monoisotopic (exact) mass is 291 g/mol. The van der Waals surface area contributed by atoms with Crippen molar-refractivity contribution in [3.8, 4) is 5.75 Å². The summed E-state index contributed by atoms with van der Waals surface area (Å²) >= 11 is 0. The van der Waals surface area contributed by atoms with E-state index < -0.39 is 12.4 Å². The SMILES string of the molecule is CCC(NC(C)C)Oc1cccc2cc(C(=O)CO)oc12. The van der Waals surface area contributed by atoms with Crippen LogP contribution in [0.1, 0.15) is 37.7 Å². The van der Waals surface area contributed by atoms with Gasteiger partial charge in [0.25, 0.3) is 0 Å². The average Bonchev–Trinajstić information content (AvgIpc) is 2.90. The van der Waals surface area contributed by atoms with Crippen molar-refractivity contribution in [1.29, 1.82) is 0 Å². The van der Waals surface area contributed by atoms with Crippen LogP contribution in [0.4, 0.5) is 0 Å². The molecule has 0 fully saturated rings. The average molecular weight is 291 g/mol. The van der Waals surface area contributed by atoms with Crippen molar-refractivity contribution in [2.24, 2.45) is 0 Å². The summed E-state index contributed by atoms with van der Waals surface area (Å²) in [5.74, 6) is 0.294. The Kier molecular flexibility index (Phi) is 4.98. The largest absolute Gasteiger partial charge is 0.471 e. The molecule has 114 valence electrons. The molecular weight excluding hydrogens is 270 g/mol. The van der Waals surface area contributed by atoms with E-state index in [1.54, 1.807) is 6.07 Å². The van der Waals surface area contributed by atoms with Gasteiger partial charge in [-0.1, -0.05) is 19.1 Å². The minimum absolute atomic E-state index is 0.127. The minimum Gasteiger partial charge on any atom is -0.471 e. The smallest absolute Gasteiger partial charge is 0.223 e. The Morgan fingerprint density at radius 1 is 1.43 bits per heavy atom. The van der Waals surface area contributed by atoms with Gasteiger partial charge in [-0.15, -0.1) is 0 Å². The fourth-order valence-electron chi connectivity index (χ4n) is 2.10. The van der Waals surface area contributed by atoms with Crippen molar-refractivity contribution in [2.75, 3.05) is 6.61 Å². The third-order valence-electron chi connectivity index (χ3n) is 3.09. The predicted octanol–water partition coefficient (Wildman–Crippen LogP) is 2.72. The normalized spacial score (nSPS) is 12.8. The van der Waals surface area contributed by atoms with Crippen molar-refractivity contribution in [1.82, 2.24) is 5.32 Å². The second-order valence-electron chi connectivity index (χ2n) is 5.20. The van der Waals surface area contributed by atoms with Crippen molar-refractivity contribution < 1.29 is 19.1 Å². The lowest BCUT2D eigenvalue weighted by Gasteiger charge is -2.21. The molecule has 1 heterocycles. The highest BCUT2D eigenvalue weighted by atomic mass is 16.5. The summed E-state index contributed by atoms with van der Waals surface area (Å²) in [6.07, 6.45) is 0.676. The molecule has 0 aliphatic carbocycles. The zero-order valence-corrected chi connectivity index (χ0v) is 12.6. The summed E-state index contributed by atoms with van der Waals surface area (Å²) in [5, 5.41) is 13.0. The predicted molar refractivity (Wildman–Crippen MR) is 80.6 cm³/mol. The van der Waals surface area contributed by atoms with Gasteiger partial charge in [-0.3, -0.25) is 10.1 Å². The first-order valence-corrected chi connectivity index (χ1v) is 7.14. The molecular formula is C16H21NO4. The van der Waals surface area contributed by atoms with E-state index >= 15 is 0 Å². The quantitative estimate of drug-likeness (QED) is 0.606. The molecule has 2 N–H and O–H groups in total. The molecule has 1 aromatic carbocycles. The van der Waals surface area contributed by atoms with Crippen LogP contribution in [0.15, 0.2) is 28.7 Å². The third-order valence-corrected chi connectivity index (χ3v) is 3.09. The van der Waals surface area contributed by atoms with E-state index in [9.17, 15) is 4.79 Å². The molecule has 5 heteroatoms. The summed E-state index contributed by atoms with van der Waals surface area (Å²) in [4.78, 5) is 11.5. The maximum Gasteiger partial charge on any atom is 0.223 e. The molecule has 0 bridgehead atoms. The fourth-order valence-corrected chi connectivity index (χ4v) is 2.10. The Hall–Kier alpha value is -1.85. The first-order chi connectivity index (χ1) is 10.0. The Morgan fingerprint density at radius 3 is 2.81 bits per heavy atom. The fraction of sp³-hybridized carbons (Fsp3) is 0.438. The number of aliphatic hydroxyl groups excluding tert-OH is 1. The van der Waals surface area contributed by atoms with E-state index in [4.69, 9.17) is 14.3 Å². The number of nitrogens with one attached hydrogen (secondary N) is 1. The molecule has 2 rings (SSSR count). The number of para-hydroxylation sites is 1.